The quantitative estimate of drug-likeness (QED) is 0.380. The first-order chi connectivity index (χ1) is 4.81. The van der Waals surface area contributed by atoms with Gasteiger partial charge in [-0.2, -0.15) is 6.42 Å². The fourth-order valence-electron chi connectivity index (χ4n) is 0.625. The largest absolute Gasteiger partial charge is 0.488 e. The number of carbonyl (C=O) groups is 1. The number of rotatable bonds is 5. The van der Waals surface area contributed by atoms with Crippen molar-refractivity contribution in [2.75, 3.05) is 6.61 Å². The third-order valence-corrected chi connectivity index (χ3v) is 1.16. The summed E-state index contributed by atoms with van der Waals surface area (Å²) in [5.74, 6) is -0.184. The van der Waals surface area contributed by atoms with Crippen LogP contribution in [0.25, 0.3) is 0 Å². The van der Waals surface area contributed by atoms with Crippen LogP contribution in [0.3, 0.4) is 0 Å². The average molecular weight is 194 g/mol. The van der Waals surface area contributed by atoms with Crippen LogP contribution in [0.15, 0.2) is 0 Å². The van der Waals surface area contributed by atoms with Gasteiger partial charge in [0.25, 0.3) is 0 Å². The molecule has 0 aliphatic heterocycles. The molecule has 0 rings (SSSR count). The first-order valence-electron chi connectivity index (χ1n) is 3.81. The van der Waals surface area contributed by atoms with E-state index in [1.807, 2.05) is 6.92 Å². The van der Waals surface area contributed by atoms with E-state index < -0.39 is 0 Å². The third kappa shape index (κ3) is 9.92. The second kappa shape index (κ2) is 9.92. The first kappa shape index (κ1) is 13.5. The van der Waals surface area contributed by atoms with Crippen molar-refractivity contribution in [1.29, 1.82) is 0 Å². The predicted octanol–water partition coefficient (Wildman–Crippen LogP) is 1.94. The van der Waals surface area contributed by atoms with Gasteiger partial charge < -0.3 is 4.74 Å². The number of esters is 1. The molecule has 0 saturated heterocycles. The first-order valence-corrected chi connectivity index (χ1v) is 3.81. The second-order valence-electron chi connectivity index (χ2n) is 2.10. The number of hydrogen-bond acceptors (Lipinski definition) is 2. The third-order valence-electron chi connectivity index (χ3n) is 1.16. The van der Waals surface area contributed by atoms with Gasteiger partial charge in [-0.25, -0.2) is 0 Å². The summed E-state index contributed by atoms with van der Waals surface area (Å²) in [5, 5.41) is 0. The Morgan fingerprint density at radius 1 is 1.45 bits per heavy atom. The predicted molar refractivity (Wildman–Crippen MR) is 40.5 cm³/mol. The molecule has 0 unspecified atom stereocenters. The van der Waals surface area contributed by atoms with E-state index in [-0.39, 0.29) is 24.5 Å². The molecule has 0 amide bonds. The number of ether oxygens (including phenoxy) is 1. The molecule has 0 aromatic rings. The van der Waals surface area contributed by atoms with Gasteiger partial charge in [-0.3, -0.25) is 11.2 Å². The van der Waals surface area contributed by atoms with Gasteiger partial charge in [-0.1, -0.05) is 19.8 Å². The van der Waals surface area contributed by atoms with Crippen molar-refractivity contribution in [3.8, 4) is 0 Å². The van der Waals surface area contributed by atoms with Gasteiger partial charge in [0.1, 0.15) is 0 Å². The summed E-state index contributed by atoms with van der Waals surface area (Å²) >= 11 is 0. The molecule has 0 N–H and O–H groups in total. The topological polar surface area (TPSA) is 26.3 Å². The minimum Gasteiger partial charge on any atom is -0.488 e. The zero-order valence-electron chi connectivity index (χ0n) is 7.17. The van der Waals surface area contributed by atoms with Gasteiger partial charge in [0.15, 0.2) is 5.97 Å². The van der Waals surface area contributed by atoms with Crippen LogP contribution < -0.4 is 0 Å². The van der Waals surface area contributed by atoms with Crippen molar-refractivity contribution in [3.63, 3.8) is 0 Å². The Morgan fingerprint density at radius 2 is 2.09 bits per heavy atom. The second-order valence-corrected chi connectivity index (χ2v) is 2.10. The fourth-order valence-corrected chi connectivity index (χ4v) is 0.625. The Labute approximate surface area is 80.6 Å². The molecule has 2 nitrogen and oxygen atoms in total. The van der Waals surface area contributed by atoms with Gasteiger partial charge >= 0.3 is 0 Å². The molecule has 0 aliphatic carbocycles. The van der Waals surface area contributed by atoms with Crippen LogP contribution in [0.1, 0.15) is 33.1 Å². The van der Waals surface area contributed by atoms with Gasteiger partial charge in [-0.15, -0.1) is 0 Å². The molecular weight excluding hydrogens is 179 g/mol. The van der Waals surface area contributed by atoms with Gasteiger partial charge in [0.2, 0.25) is 0 Å². The maximum absolute atomic E-state index is 10.6. The molecule has 3 heteroatoms. The molecule has 0 spiro atoms. The summed E-state index contributed by atoms with van der Waals surface area (Å²) in [6.07, 6.45) is 4.64. The van der Waals surface area contributed by atoms with Crippen LogP contribution in [0.4, 0.5) is 0 Å². The summed E-state index contributed by atoms with van der Waals surface area (Å²) in [4.78, 5) is 10.6. The van der Waals surface area contributed by atoms with Gasteiger partial charge in [-0.05, 0) is 6.92 Å². The van der Waals surface area contributed by atoms with Gasteiger partial charge in [0.05, 0.1) is 6.61 Å². The van der Waals surface area contributed by atoms with Crippen molar-refractivity contribution in [1.82, 2.24) is 0 Å². The Balaban J connectivity index is 0. The molecule has 0 bridgehead atoms. The molecule has 0 heterocycles. The molecule has 0 atom stereocenters. The number of unbranched alkanes of at least 4 members (excludes halogenated alkanes) is 2. The van der Waals surface area contributed by atoms with E-state index in [1.165, 1.54) is 0 Å². The molecule has 0 aromatic carbocycles. The molecule has 0 fully saturated rings. The van der Waals surface area contributed by atoms with Crippen LogP contribution >= 0.6 is 0 Å². The van der Waals surface area contributed by atoms with Crippen molar-refractivity contribution in [3.05, 3.63) is 6.42 Å². The molecule has 0 saturated carbocycles. The molecule has 0 aromatic heterocycles. The summed E-state index contributed by atoms with van der Waals surface area (Å²) in [5.41, 5.74) is 0. The van der Waals surface area contributed by atoms with Crippen LogP contribution in [-0.2, 0) is 28.1 Å². The van der Waals surface area contributed by atoms with Crippen molar-refractivity contribution in [2.24, 2.45) is 0 Å². The van der Waals surface area contributed by atoms with E-state index in [1.54, 1.807) is 6.42 Å². The van der Waals surface area contributed by atoms with Crippen molar-refractivity contribution >= 4 is 5.97 Å². The fraction of sp³-hybridized carbons (Fsp3) is 0.750. The van der Waals surface area contributed by atoms with Crippen molar-refractivity contribution < 1.29 is 28.1 Å². The number of hydrogen-bond donors (Lipinski definition) is 0. The maximum Gasteiger partial charge on any atom is 0.167 e. The van der Waals surface area contributed by atoms with E-state index >= 15 is 0 Å². The van der Waals surface area contributed by atoms with E-state index in [9.17, 15) is 4.79 Å². The van der Waals surface area contributed by atoms with Crippen LogP contribution in [0, 0.1) is 6.42 Å². The Morgan fingerprint density at radius 3 is 2.55 bits per heavy atom. The molecule has 65 valence electrons. The summed E-state index contributed by atoms with van der Waals surface area (Å²) in [6, 6.07) is 0. The maximum atomic E-state index is 10.6. The van der Waals surface area contributed by atoms with Gasteiger partial charge in [0, 0.05) is 18.6 Å². The van der Waals surface area contributed by atoms with E-state index in [4.69, 9.17) is 4.74 Å². The average Bonchev–Trinajstić information content (AvgIpc) is 1.89. The normalized spacial score (nSPS) is 8.18. The van der Waals surface area contributed by atoms with E-state index in [0.717, 1.165) is 19.3 Å². The Bertz CT molecular complexity index is 94.1. The van der Waals surface area contributed by atoms with Crippen LogP contribution in [-0.4, -0.2) is 12.6 Å². The SMILES string of the molecule is CCCC[CH-]C(=O)OCC.[V]. The monoisotopic (exact) mass is 194 g/mol. The minimum absolute atomic E-state index is 0. The zero-order chi connectivity index (χ0) is 7.82. The molecule has 1 radical (unpaired) electrons. The summed E-state index contributed by atoms with van der Waals surface area (Å²) in [7, 11) is 0. The van der Waals surface area contributed by atoms with Crippen LogP contribution in [0.2, 0.25) is 0 Å². The van der Waals surface area contributed by atoms with Crippen LogP contribution in [0.5, 0.6) is 0 Å². The summed E-state index contributed by atoms with van der Waals surface area (Å²) in [6.45, 7) is 4.38. The van der Waals surface area contributed by atoms with Crippen molar-refractivity contribution in [2.45, 2.75) is 33.1 Å². The Kier molecular flexibility index (Phi) is 12.2. The zero-order valence-corrected chi connectivity index (χ0v) is 8.57. The Hall–Kier alpha value is -0.0756. The minimum atomic E-state index is -0.184. The molecule has 0 aliphatic rings. The summed E-state index contributed by atoms with van der Waals surface area (Å²) < 4.78 is 4.69. The molecular formula is C8H15O2V-. The standard InChI is InChI=1S/C8H15O2.V/c1-3-5-6-7-8(9)10-4-2;/h7H,3-6H2,1-2H3;/q-1;. The molecule has 11 heavy (non-hydrogen) atoms. The smallest absolute Gasteiger partial charge is 0.167 e. The van der Waals surface area contributed by atoms with E-state index in [2.05, 4.69) is 6.92 Å². The van der Waals surface area contributed by atoms with E-state index in [0.29, 0.717) is 6.61 Å². The number of carbonyl (C=O) groups excluding carboxylic acids is 1.